The van der Waals surface area contributed by atoms with Gasteiger partial charge in [0, 0.05) is 22.4 Å². The normalized spacial score (nSPS) is 10.4. The summed E-state index contributed by atoms with van der Waals surface area (Å²) in [5.41, 5.74) is 9.93. The number of phenolic OH excluding ortho intramolecular Hbond substituents is 1. The molecule has 4 N–H and O–H groups in total. The highest BCUT2D eigenvalue weighted by Crippen LogP contribution is 2.27. The molecule has 0 heterocycles. The number of aryl methyl sites for hydroxylation is 1. The highest BCUT2D eigenvalue weighted by atomic mass is 79.9. The minimum absolute atomic E-state index is 0.300. The lowest BCUT2D eigenvalue weighted by molar-refractivity contribution is 0.475. The first kappa shape index (κ1) is 13.7. The largest absolute Gasteiger partial charge is 0.508 e. The fraction of sp³-hybridized carbons (Fsp3) is 0.200. The van der Waals surface area contributed by atoms with E-state index in [0.29, 0.717) is 5.75 Å². The summed E-state index contributed by atoms with van der Waals surface area (Å²) in [6.45, 7) is 2.82. The Morgan fingerprint density at radius 2 is 1.89 bits per heavy atom. The molecule has 0 spiro atoms. The van der Waals surface area contributed by atoms with Crippen LogP contribution in [-0.2, 0) is 6.42 Å². The first-order valence-electron chi connectivity index (χ1n) is 6.13. The van der Waals surface area contributed by atoms with Crippen LogP contribution in [0.15, 0.2) is 40.9 Å². The van der Waals surface area contributed by atoms with Crippen LogP contribution in [0.5, 0.6) is 5.75 Å². The van der Waals surface area contributed by atoms with Gasteiger partial charge >= 0.3 is 0 Å². The summed E-state index contributed by atoms with van der Waals surface area (Å²) < 4.78 is 0.973. The molecule has 0 radical (unpaired) electrons. The number of nitrogens with two attached hydrogens (primary N) is 1. The first-order valence-corrected chi connectivity index (χ1v) is 6.93. The lowest BCUT2D eigenvalue weighted by atomic mass is 10.1. The van der Waals surface area contributed by atoms with Crippen LogP contribution in [0.1, 0.15) is 11.1 Å². The van der Waals surface area contributed by atoms with E-state index in [-0.39, 0.29) is 0 Å². The Hall–Kier alpha value is -1.68. The Morgan fingerprint density at radius 1 is 1.21 bits per heavy atom. The monoisotopic (exact) mass is 320 g/mol. The van der Waals surface area contributed by atoms with E-state index >= 15 is 0 Å². The summed E-state index contributed by atoms with van der Waals surface area (Å²) in [6.07, 6.45) is 0.899. The van der Waals surface area contributed by atoms with Crippen molar-refractivity contribution in [3.05, 3.63) is 52.0 Å². The van der Waals surface area contributed by atoms with Gasteiger partial charge in [-0.15, -0.1) is 0 Å². The van der Waals surface area contributed by atoms with Gasteiger partial charge in [0.1, 0.15) is 5.75 Å². The molecule has 2 rings (SSSR count). The van der Waals surface area contributed by atoms with Gasteiger partial charge in [-0.3, -0.25) is 0 Å². The minimum atomic E-state index is 0.300. The van der Waals surface area contributed by atoms with Crippen molar-refractivity contribution < 1.29 is 5.11 Å². The molecular weight excluding hydrogens is 304 g/mol. The summed E-state index contributed by atoms with van der Waals surface area (Å²) >= 11 is 3.50. The standard InChI is InChI=1S/C15H17BrN2O/c1-10-8-15(13(16)9-14(10)17)18-7-6-11-2-4-12(19)5-3-11/h2-5,8-9,18-19H,6-7,17H2,1H3. The maximum Gasteiger partial charge on any atom is 0.115 e. The van der Waals surface area contributed by atoms with Gasteiger partial charge in [-0.1, -0.05) is 12.1 Å². The molecule has 2 aromatic carbocycles. The number of rotatable bonds is 4. The van der Waals surface area contributed by atoms with Gasteiger partial charge in [-0.25, -0.2) is 0 Å². The molecule has 2 aromatic rings. The van der Waals surface area contributed by atoms with E-state index in [0.717, 1.165) is 34.4 Å². The smallest absolute Gasteiger partial charge is 0.115 e. The van der Waals surface area contributed by atoms with Crippen LogP contribution in [0.25, 0.3) is 0 Å². The molecule has 0 fully saturated rings. The molecule has 19 heavy (non-hydrogen) atoms. The number of phenols is 1. The van der Waals surface area contributed by atoms with Crippen molar-refractivity contribution in [1.82, 2.24) is 0 Å². The number of aromatic hydroxyl groups is 1. The number of anilines is 2. The van der Waals surface area contributed by atoms with Gasteiger partial charge in [0.2, 0.25) is 0 Å². The molecule has 0 aromatic heterocycles. The minimum Gasteiger partial charge on any atom is -0.508 e. The first-order chi connectivity index (χ1) is 9.06. The fourth-order valence-electron chi connectivity index (χ4n) is 1.84. The van der Waals surface area contributed by atoms with Gasteiger partial charge in [0.05, 0.1) is 0 Å². The molecule has 0 amide bonds. The molecule has 0 saturated heterocycles. The summed E-state index contributed by atoms with van der Waals surface area (Å²) in [5.74, 6) is 0.300. The Balaban J connectivity index is 1.96. The van der Waals surface area contributed by atoms with Gasteiger partial charge in [-0.05, 0) is 64.7 Å². The summed E-state index contributed by atoms with van der Waals surface area (Å²) in [5, 5.41) is 12.6. The lowest BCUT2D eigenvalue weighted by Crippen LogP contribution is -2.06. The SMILES string of the molecule is Cc1cc(NCCc2ccc(O)cc2)c(Br)cc1N. The van der Waals surface area contributed by atoms with E-state index in [9.17, 15) is 5.11 Å². The van der Waals surface area contributed by atoms with Gasteiger partial charge < -0.3 is 16.2 Å². The number of benzene rings is 2. The molecule has 0 aliphatic rings. The van der Waals surface area contributed by atoms with Crippen molar-refractivity contribution in [1.29, 1.82) is 0 Å². The van der Waals surface area contributed by atoms with Gasteiger partial charge in [0.25, 0.3) is 0 Å². The quantitative estimate of drug-likeness (QED) is 0.753. The number of hydrogen-bond donors (Lipinski definition) is 3. The second kappa shape index (κ2) is 5.97. The molecule has 0 unspecified atom stereocenters. The van der Waals surface area contributed by atoms with E-state index in [1.165, 1.54) is 5.56 Å². The summed E-state index contributed by atoms with van der Waals surface area (Å²) in [7, 11) is 0. The number of nitrogen functional groups attached to an aromatic ring is 1. The Bertz CT molecular complexity index is 567. The van der Waals surface area contributed by atoms with Crippen LogP contribution in [0.2, 0.25) is 0 Å². The zero-order valence-corrected chi connectivity index (χ0v) is 12.4. The second-order valence-corrected chi connectivity index (χ2v) is 5.39. The maximum absolute atomic E-state index is 9.22. The van der Waals surface area contributed by atoms with Crippen molar-refractivity contribution in [3.63, 3.8) is 0 Å². The van der Waals surface area contributed by atoms with E-state index in [4.69, 9.17) is 5.73 Å². The van der Waals surface area contributed by atoms with Crippen LogP contribution >= 0.6 is 15.9 Å². The zero-order chi connectivity index (χ0) is 13.8. The average molecular weight is 321 g/mol. The van der Waals surface area contributed by atoms with Crippen LogP contribution in [0.4, 0.5) is 11.4 Å². The Morgan fingerprint density at radius 3 is 2.58 bits per heavy atom. The van der Waals surface area contributed by atoms with Crippen molar-refractivity contribution in [3.8, 4) is 5.75 Å². The molecule has 0 saturated carbocycles. The molecule has 3 nitrogen and oxygen atoms in total. The van der Waals surface area contributed by atoms with E-state index in [1.807, 2.05) is 31.2 Å². The molecule has 4 heteroatoms. The molecule has 100 valence electrons. The molecule has 0 aliphatic heterocycles. The lowest BCUT2D eigenvalue weighted by Gasteiger charge is -2.11. The zero-order valence-electron chi connectivity index (χ0n) is 10.8. The molecule has 0 atom stereocenters. The Labute approximate surface area is 121 Å². The van der Waals surface area contributed by atoms with Crippen molar-refractivity contribution in [2.24, 2.45) is 0 Å². The van der Waals surface area contributed by atoms with Crippen LogP contribution < -0.4 is 11.1 Å². The highest BCUT2D eigenvalue weighted by Gasteiger charge is 2.03. The van der Waals surface area contributed by atoms with E-state index in [1.54, 1.807) is 12.1 Å². The third kappa shape index (κ3) is 3.64. The third-order valence-electron chi connectivity index (χ3n) is 3.02. The molecular formula is C15H17BrN2O. The van der Waals surface area contributed by atoms with E-state index in [2.05, 4.69) is 21.2 Å². The van der Waals surface area contributed by atoms with Crippen molar-refractivity contribution in [2.75, 3.05) is 17.6 Å². The number of nitrogens with one attached hydrogen (secondary N) is 1. The van der Waals surface area contributed by atoms with Crippen molar-refractivity contribution >= 4 is 27.3 Å². The molecule has 0 bridgehead atoms. The van der Waals surface area contributed by atoms with Crippen LogP contribution in [-0.4, -0.2) is 11.7 Å². The summed E-state index contributed by atoms with van der Waals surface area (Å²) in [4.78, 5) is 0. The predicted molar refractivity (Wildman–Crippen MR) is 83.6 cm³/mol. The fourth-order valence-corrected chi connectivity index (χ4v) is 2.34. The van der Waals surface area contributed by atoms with Crippen LogP contribution in [0.3, 0.4) is 0 Å². The van der Waals surface area contributed by atoms with Gasteiger partial charge in [-0.2, -0.15) is 0 Å². The Kier molecular flexibility index (Phi) is 4.32. The average Bonchev–Trinajstić information content (AvgIpc) is 2.38. The highest BCUT2D eigenvalue weighted by molar-refractivity contribution is 9.10. The summed E-state index contributed by atoms with van der Waals surface area (Å²) in [6, 6.07) is 11.2. The molecule has 0 aliphatic carbocycles. The topological polar surface area (TPSA) is 58.3 Å². The van der Waals surface area contributed by atoms with Gasteiger partial charge in [0.15, 0.2) is 0 Å². The van der Waals surface area contributed by atoms with E-state index < -0.39 is 0 Å². The van der Waals surface area contributed by atoms with Crippen molar-refractivity contribution in [2.45, 2.75) is 13.3 Å². The predicted octanol–water partition coefficient (Wildman–Crippen LogP) is 3.70. The maximum atomic E-state index is 9.22. The number of hydrogen-bond acceptors (Lipinski definition) is 3. The number of halogens is 1. The van der Waals surface area contributed by atoms with Crippen LogP contribution in [0, 0.1) is 6.92 Å². The second-order valence-electron chi connectivity index (χ2n) is 4.53. The third-order valence-corrected chi connectivity index (χ3v) is 3.68.